The lowest BCUT2D eigenvalue weighted by atomic mass is 10.0. The molecule has 0 aliphatic carbocycles. The minimum absolute atomic E-state index is 0.0535. The van der Waals surface area contributed by atoms with Gasteiger partial charge in [0.15, 0.2) is 0 Å². The van der Waals surface area contributed by atoms with E-state index in [-0.39, 0.29) is 6.04 Å². The Labute approximate surface area is 144 Å². The number of allylic oxidation sites excluding steroid dienone is 1. The maximum atomic E-state index is 6.01. The summed E-state index contributed by atoms with van der Waals surface area (Å²) in [6.45, 7) is 0. The summed E-state index contributed by atoms with van der Waals surface area (Å²) in [6, 6.07) is 15.6. The van der Waals surface area contributed by atoms with Gasteiger partial charge in [0.1, 0.15) is 18.1 Å². The standard InChI is InChI=1S/C18H15ClN4O/c1-24-15-4-2-3-13(9-15)16-10-17(12-5-7-14(19)8-6-12)23-18(22-16)20-11-21-23/h2-11,17H,1H3,(H,20,21,22)/t17-/m1/s1. The normalized spacial score (nSPS) is 16.1. The monoisotopic (exact) mass is 338 g/mol. The maximum absolute atomic E-state index is 6.01. The molecule has 6 heteroatoms. The first kappa shape index (κ1) is 14.8. The van der Waals surface area contributed by atoms with E-state index in [1.807, 2.05) is 53.2 Å². The van der Waals surface area contributed by atoms with Crippen molar-refractivity contribution in [1.29, 1.82) is 0 Å². The van der Waals surface area contributed by atoms with Crippen LogP contribution < -0.4 is 10.1 Å². The molecule has 2 aromatic carbocycles. The molecule has 0 unspecified atom stereocenters. The fourth-order valence-electron chi connectivity index (χ4n) is 2.79. The third kappa shape index (κ3) is 2.63. The van der Waals surface area contributed by atoms with Crippen molar-refractivity contribution in [3.05, 3.63) is 77.1 Å². The van der Waals surface area contributed by atoms with E-state index in [1.54, 1.807) is 13.4 Å². The highest BCUT2D eigenvalue weighted by atomic mass is 35.5. The largest absolute Gasteiger partial charge is 0.497 e. The third-order valence-electron chi connectivity index (χ3n) is 4.00. The van der Waals surface area contributed by atoms with Crippen LogP contribution in [0, 0.1) is 0 Å². The van der Waals surface area contributed by atoms with Crippen LogP contribution in [-0.2, 0) is 0 Å². The summed E-state index contributed by atoms with van der Waals surface area (Å²) in [6.07, 6.45) is 3.67. The van der Waals surface area contributed by atoms with Crippen molar-refractivity contribution in [3.63, 3.8) is 0 Å². The summed E-state index contributed by atoms with van der Waals surface area (Å²) >= 11 is 6.01. The van der Waals surface area contributed by atoms with Crippen molar-refractivity contribution >= 4 is 23.2 Å². The Morgan fingerprint density at radius 3 is 2.79 bits per heavy atom. The Kier molecular flexibility index (Phi) is 3.70. The highest BCUT2D eigenvalue weighted by Crippen LogP contribution is 2.33. The minimum Gasteiger partial charge on any atom is -0.497 e. The van der Waals surface area contributed by atoms with E-state index < -0.39 is 0 Å². The van der Waals surface area contributed by atoms with Gasteiger partial charge in [-0.05, 0) is 35.9 Å². The zero-order valence-electron chi connectivity index (χ0n) is 13.0. The van der Waals surface area contributed by atoms with E-state index in [9.17, 15) is 0 Å². The van der Waals surface area contributed by atoms with Gasteiger partial charge in [0.25, 0.3) is 0 Å². The van der Waals surface area contributed by atoms with Gasteiger partial charge in [-0.25, -0.2) is 4.68 Å². The highest BCUT2D eigenvalue weighted by Gasteiger charge is 2.23. The molecule has 1 aromatic heterocycles. The SMILES string of the molecule is COc1cccc(C2=C[C@H](c3ccc(Cl)cc3)n3ncnc3N2)c1. The van der Waals surface area contributed by atoms with Gasteiger partial charge in [-0.15, -0.1) is 0 Å². The number of hydrogen-bond acceptors (Lipinski definition) is 4. The number of benzene rings is 2. The molecule has 5 nitrogen and oxygen atoms in total. The van der Waals surface area contributed by atoms with Gasteiger partial charge in [0.05, 0.1) is 7.11 Å². The zero-order chi connectivity index (χ0) is 16.5. The third-order valence-corrected chi connectivity index (χ3v) is 4.25. The van der Waals surface area contributed by atoms with Gasteiger partial charge in [-0.3, -0.25) is 0 Å². The van der Waals surface area contributed by atoms with Crippen LogP contribution in [0.5, 0.6) is 5.75 Å². The zero-order valence-corrected chi connectivity index (χ0v) is 13.7. The number of methoxy groups -OCH3 is 1. The van der Waals surface area contributed by atoms with Gasteiger partial charge in [-0.1, -0.05) is 35.9 Å². The molecule has 1 aliphatic rings. The maximum Gasteiger partial charge on any atom is 0.226 e. The first-order valence-corrected chi connectivity index (χ1v) is 7.90. The molecular weight excluding hydrogens is 324 g/mol. The number of aromatic nitrogens is 3. The first-order chi connectivity index (χ1) is 11.7. The first-order valence-electron chi connectivity index (χ1n) is 7.53. The van der Waals surface area contributed by atoms with E-state index in [0.717, 1.165) is 22.6 Å². The van der Waals surface area contributed by atoms with Crippen molar-refractivity contribution in [2.75, 3.05) is 12.4 Å². The quantitative estimate of drug-likeness (QED) is 0.784. The number of rotatable bonds is 3. The van der Waals surface area contributed by atoms with Crippen LogP contribution in [0.25, 0.3) is 5.70 Å². The van der Waals surface area contributed by atoms with Crippen molar-refractivity contribution in [1.82, 2.24) is 14.8 Å². The molecule has 0 bridgehead atoms. The molecular formula is C18H15ClN4O. The molecule has 4 rings (SSSR count). The molecule has 0 fully saturated rings. The number of halogens is 1. The fourth-order valence-corrected chi connectivity index (χ4v) is 2.92. The van der Waals surface area contributed by atoms with Crippen molar-refractivity contribution in [2.24, 2.45) is 0 Å². The molecule has 0 spiro atoms. The Hall–Kier alpha value is -2.79. The molecule has 0 amide bonds. The Morgan fingerprint density at radius 1 is 1.17 bits per heavy atom. The van der Waals surface area contributed by atoms with E-state index in [4.69, 9.17) is 16.3 Å². The summed E-state index contributed by atoms with van der Waals surface area (Å²) in [5.74, 6) is 1.51. The van der Waals surface area contributed by atoms with E-state index >= 15 is 0 Å². The van der Waals surface area contributed by atoms with Crippen LogP contribution in [0.3, 0.4) is 0 Å². The van der Waals surface area contributed by atoms with Gasteiger partial charge >= 0.3 is 0 Å². The molecule has 24 heavy (non-hydrogen) atoms. The second kappa shape index (κ2) is 6.02. The number of nitrogens with zero attached hydrogens (tertiary/aromatic N) is 3. The number of hydrogen-bond donors (Lipinski definition) is 1. The molecule has 2 heterocycles. The van der Waals surface area contributed by atoms with E-state index in [2.05, 4.69) is 21.5 Å². The highest BCUT2D eigenvalue weighted by molar-refractivity contribution is 6.30. The van der Waals surface area contributed by atoms with Crippen LogP contribution in [0.15, 0.2) is 60.9 Å². The predicted octanol–water partition coefficient (Wildman–Crippen LogP) is 4.00. The molecule has 1 atom stereocenters. The number of fused-ring (bicyclic) bond motifs is 1. The Balaban J connectivity index is 1.79. The minimum atomic E-state index is -0.0535. The van der Waals surface area contributed by atoms with Gasteiger partial charge in [0.2, 0.25) is 5.95 Å². The fraction of sp³-hybridized carbons (Fsp3) is 0.111. The van der Waals surface area contributed by atoms with Gasteiger partial charge < -0.3 is 10.1 Å². The van der Waals surface area contributed by atoms with Crippen LogP contribution in [-0.4, -0.2) is 21.9 Å². The molecule has 1 aliphatic heterocycles. The number of anilines is 1. The molecule has 120 valence electrons. The lowest BCUT2D eigenvalue weighted by Crippen LogP contribution is -2.20. The second-order valence-corrected chi connectivity index (χ2v) is 5.90. The van der Waals surface area contributed by atoms with Crippen molar-refractivity contribution in [3.8, 4) is 5.75 Å². The Morgan fingerprint density at radius 2 is 2.00 bits per heavy atom. The van der Waals surface area contributed by atoms with Crippen molar-refractivity contribution < 1.29 is 4.74 Å². The van der Waals surface area contributed by atoms with Crippen molar-refractivity contribution in [2.45, 2.75) is 6.04 Å². The molecule has 0 saturated carbocycles. The average Bonchev–Trinajstić information content (AvgIpc) is 3.10. The molecule has 3 aromatic rings. The smallest absolute Gasteiger partial charge is 0.226 e. The average molecular weight is 339 g/mol. The lowest BCUT2D eigenvalue weighted by Gasteiger charge is -2.24. The lowest BCUT2D eigenvalue weighted by molar-refractivity contribution is 0.414. The summed E-state index contributed by atoms with van der Waals surface area (Å²) in [4.78, 5) is 4.31. The summed E-state index contributed by atoms with van der Waals surface area (Å²) in [7, 11) is 1.66. The van der Waals surface area contributed by atoms with Crippen LogP contribution in [0.2, 0.25) is 5.02 Å². The summed E-state index contributed by atoms with van der Waals surface area (Å²) in [5, 5.41) is 8.38. The van der Waals surface area contributed by atoms with E-state index in [1.165, 1.54) is 0 Å². The van der Waals surface area contributed by atoms with E-state index in [0.29, 0.717) is 11.0 Å². The Bertz CT molecular complexity index is 901. The molecule has 0 saturated heterocycles. The summed E-state index contributed by atoms with van der Waals surface area (Å²) < 4.78 is 7.18. The van der Waals surface area contributed by atoms with Gasteiger partial charge in [0, 0.05) is 16.3 Å². The second-order valence-electron chi connectivity index (χ2n) is 5.46. The molecule has 0 radical (unpaired) electrons. The van der Waals surface area contributed by atoms with Crippen LogP contribution in [0.1, 0.15) is 17.2 Å². The summed E-state index contributed by atoms with van der Waals surface area (Å²) in [5.41, 5.74) is 3.09. The number of ether oxygens (including phenoxy) is 1. The molecule has 1 N–H and O–H groups in total. The topological polar surface area (TPSA) is 52.0 Å². The predicted molar refractivity (Wildman–Crippen MR) is 94.2 cm³/mol. The van der Waals surface area contributed by atoms with Gasteiger partial charge in [-0.2, -0.15) is 10.1 Å². The van der Waals surface area contributed by atoms with Crippen LogP contribution in [0.4, 0.5) is 5.95 Å². The number of nitrogens with one attached hydrogen (secondary N) is 1. The van der Waals surface area contributed by atoms with Crippen LogP contribution >= 0.6 is 11.6 Å².